The van der Waals surface area contributed by atoms with Gasteiger partial charge in [0.05, 0.1) is 24.2 Å². The number of nitrogens with zero attached hydrogens (tertiary/aromatic N) is 3. The van der Waals surface area contributed by atoms with Crippen LogP contribution in [0.3, 0.4) is 0 Å². The number of fused-ring (bicyclic) bond motifs is 3. The summed E-state index contributed by atoms with van der Waals surface area (Å²) >= 11 is 0. The van der Waals surface area contributed by atoms with E-state index in [0.29, 0.717) is 11.4 Å². The second-order valence-corrected chi connectivity index (χ2v) is 15.7. The van der Waals surface area contributed by atoms with Gasteiger partial charge in [0.1, 0.15) is 0 Å². The van der Waals surface area contributed by atoms with Crippen LogP contribution in [0.25, 0.3) is 48.3 Å². The van der Waals surface area contributed by atoms with E-state index in [2.05, 4.69) is 154 Å². The molecule has 0 aliphatic carbocycles. The van der Waals surface area contributed by atoms with E-state index in [1.165, 1.54) is 20.7 Å². The molecule has 4 heteroatoms. The molecule has 1 aromatic heterocycles. The number of para-hydroxylation sites is 2. The molecule has 8 rings (SSSR count). The smallest absolute Gasteiger partial charge is 0.208 e. The second-order valence-electron chi connectivity index (χ2n) is 11.9. The maximum absolute atomic E-state index is 8.23. The van der Waals surface area contributed by atoms with Gasteiger partial charge in [-0.05, 0) is 50.1 Å². The molecule has 0 aliphatic heterocycles. The third-order valence-electron chi connectivity index (χ3n) is 9.40. The quantitative estimate of drug-likeness (QED) is 0.0993. The highest BCUT2D eigenvalue weighted by atomic mass is 28.3. The minimum atomic E-state index is -2.67. The molecule has 224 valence electrons. The molecule has 0 amide bonds. The molecular formula is C44H29N3Si. The summed E-state index contributed by atoms with van der Waals surface area (Å²) in [6.45, 7) is 16.5. The summed E-state index contributed by atoms with van der Waals surface area (Å²) in [7, 11) is -2.67. The van der Waals surface area contributed by atoms with Crippen molar-refractivity contribution in [3.05, 3.63) is 199 Å². The summed E-state index contributed by atoms with van der Waals surface area (Å²) in [5, 5.41) is 7.42. The van der Waals surface area contributed by atoms with Crippen molar-refractivity contribution in [1.82, 2.24) is 4.57 Å². The number of rotatable bonds is 6. The molecule has 0 atom stereocenters. The van der Waals surface area contributed by atoms with Crippen molar-refractivity contribution in [3.8, 4) is 16.8 Å². The van der Waals surface area contributed by atoms with Gasteiger partial charge < -0.3 is 4.57 Å². The van der Waals surface area contributed by atoms with Gasteiger partial charge in [-0.15, -0.1) is 0 Å². The van der Waals surface area contributed by atoms with Crippen LogP contribution in [0.4, 0.5) is 11.4 Å². The van der Waals surface area contributed by atoms with Crippen LogP contribution in [0.5, 0.6) is 0 Å². The first-order valence-electron chi connectivity index (χ1n) is 15.9. The Morgan fingerprint density at radius 2 is 0.833 bits per heavy atom. The number of benzene rings is 7. The Morgan fingerprint density at radius 3 is 1.29 bits per heavy atom. The summed E-state index contributed by atoms with van der Waals surface area (Å²) in [5.41, 5.74) is 5.46. The van der Waals surface area contributed by atoms with E-state index < -0.39 is 8.07 Å². The van der Waals surface area contributed by atoms with E-state index in [1.54, 1.807) is 0 Å². The van der Waals surface area contributed by atoms with Crippen molar-refractivity contribution in [2.75, 3.05) is 0 Å². The summed E-state index contributed by atoms with van der Waals surface area (Å²) in [6, 6.07) is 61.5. The molecule has 0 N–H and O–H groups in total. The van der Waals surface area contributed by atoms with E-state index in [0.717, 1.165) is 38.6 Å². The normalized spacial score (nSPS) is 11.3. The van der Waals surface area contributed by atoms with Gasteiger partial charge >= 0.3 is 0 Å². The van der Waals surface area contributed by atoms with E-state index in [-0.39, 0.29) is 0 Å². The summed E-state index contributed by atoms with van der Waals surface area (Å²) in [5.74, 6) is 0. The highest BCUT2D eigenvalue weighted by Gasteiger charge is 2.41. The molecule has 8 aromatic rings. The van der Waals surface area contributed by atoms with Crippen LogP contribution in [0, 0.1) is 13.1 Å². The van der Waals surface area contributed by atoms with Crippen molar-refractivity contribution >= 4 is 62.0 Å². The van der Waals surface area contributed by atoms with Gasteiger partial charge in [0, 0.05) is 16.5 Å². The summed E-state index contributed by atoms with van der Waals surface area (Å²) < 4.78 is 2.12. The van der Waals surface area contributed by atoms with Crippen molar-refractivity contribution in [2.24, 2.45) is 0 Å². The molecule has 7 aromatic carbocycles. The number of hydrogen-bond donors (Lipinski definition) is 0. The Hall–Kier alpha value is -6.46. The topological polar surface area (TPSA) is 13.6 Å². The third-order valence-corrected chi connectivity index (χ3v) is 14.2. The van der Waals surface area contributed by atoms with Crippen LogP contribution in [0.2, 0.25) is 0 Å². The van der Waals surface area contributed by atoms with Gasteiger partial charge in [0.2, 0.25) is 5.69 Å². The molecule has 0 radical (unpaired) electrons. The fourth-order valence-corrected chi connectivity index (χ4v) is 12.0. The van der Waals surface area contributed by atoms with E-state index in [1.807, 2.05) is 36.4 Å². The van der Waals surface area contributed by atoms with E-state index >= 15 is 0 Å². The average molecular weight is 628 g/mol. The molecule has 1 heterocycles. The highest BCUT2D eigenvalue weighted by Crippen LogP contribution is 2.41. The Kier molecular flexibility index (Phi) is 7.27. The van der Waals surface area contributed by atoms with Crippen LogP contribution >= 0.6 is 0 Å². The largest absolute Gasteiger partial charge is 0.320 e. The first-order chi connectivity index (χ1) is 23.7. The summed E-state index contributed by atoms with van der Waals surface area (Å²) in [6.07, 6.45) is 0. The predicted molar refractivity (Wildman–Crippen MR) is 202 cm³/mol. The van der Waals surface area contributed by atoms with Gasteiger partial charge in [0.25, 0.3) is 0 Å². The first kappa shape index (κ1) is 29.0. The predicted octanol–water partition coefficient (Wildman–Crippen LogP) is 8.93. The van der Waals surface area contributed by atoms with E-state index in [9.17, 15) is 0 Å². The molecule has 0 bridgehead atoms. The van der Waals surface area contributed by atoms with Crippen LogP contribution in [0.1, 0.15) is 0 Å². The Bertz CT molecular complexity index is 2350. The van der Waals surface area contributed by atoms with Gasteiger partial charge in [-0.2, -0.15) is 0 Å². The summed E-state index contributed by atoms with van der Waals surface area (Å²) in [4.78, 5) is 8.02. The Balaban J connectivity index is 1.32. The van der Waals surface area contributed by atoms with Gasteiger partial charge in [-0.1, -0.05) is 158 Å². The highest BCUT2D eigenvalue weighted by molar-refractivity contribution is 7.19. The minimum absolute atomic E-state index is 0.509. The van der Waals surface area contributed by atoms with Crippen molar-refractivity contribution in [2.45, 2.75) is 0 Å². The molecule has 0 spiro atoms. The lowest BCUT2D eigenvalue weighted by Crippen LogP contribution is -2.74. The lowest BCUT2D eigenvalue weighted by atomic mass is 10.0. The fraction of sp³-hybridized carbons (Fsp3) is 0. The van der Waals surface area contributed by atoms with E-state index in [4.69, 9.17) is 13.1 Å². The maximum atomic E-state index is 8.23. The van der Waals surface area contributed by atoms with Crippen LogP contribution in [0.15, 0.2) is 176 Å². The van der Waals surface area contributed by atoms with Crippen molar-refractivity contribution in [3.63, 3.8) is 0 Å². The SMILES string of the molecule is [C-]#[N+]c1cc(-n2c3ccccc3c3ccccc32)c([N+]#[C-])cc1-c1ccc([Si](c2ccccc2)(c2ccccc2)c2ccccc2)cc1. The third kappa shape index (κ3) is 4.55. The molecule has 3 nitrogen and oxygen atoms in total. The van der Waals surface area contributed by atoms with Gasteiger partial charge in [-0.3, -0.25) is 0 Å². The molecule has 0 saturated heterocycles. The fourth-order valence-electron chi connectivity index (χ4n) is 7.30. The van der Waals surface area contributed by atoms with Crippen LogP contribution < -0.4 is 20.7 Å². The average Bonchev–Trinajstić information content (AvgIpc) is 3.50. The van der Waals surface area contributed by atoms with Crippen LogP contribution in [-0.4, -0.2) is 12.6 Å². The monoisotopic (exact) mass is 627 g/mol. The molecule has 0 fully saturated rings. The zero-order chi connectivity index (χ0) is 32.5. The Morgan fingerprint density at radius 1 is 0.417 bits per heavy atom. The Labute approximate surface area is 281 Å². The van der Waals surface area contributed by atoms with Crippen molar-refractivity contribution < 1.29 is 0 Å². The lowest BCUT2D eigenvalue weighted by molar-refractivity contribution is 1.19. The number of hydrogen-bond acceptors (Lipinski definition) is 0. The maximum Gasteiger partial charge on any atom is 0.208 e. The van der Waals surface area contributed by atoms with Crippen molar-refractivity contribution in [1.29, 1.82) is 0 Å². The molecule has 0 unspecified atom stereocenters. The zero-order valence-electron chi connectivity index (χ0n) is 26.1. The minimum Gasteiger partial charge on any atom is -0.320 e. The molecular weight excluding hydrogens is 599 g/mol. The lowest BCUT2D eigenvalue weighted by Gasteiger charge is -2.34. The second kappa shape index (κ2) is 12.0. The number of aromatic nitrogens is 1. The standard InChI is InChI=1S/C44H29N3Si/c1-45-40-31-44(47-42-24-14-12-22-37(42)38-23-13-15-25-43(38)47)41(46-2)30-39(40)32-26-28-36(29-27-32)48(33-16-6-3-7-17-33,34-18-8-4-9-19-34)35-20-10-5-11-21-35/h3-31H. The molecule has 48 heavy (non-hydrogen) atoms. The molecule has 0 saturated carbocycles. The zero-order valence-corrected chi connectivity index (χ0v) is 27.1. The molecule has 0 aliphatic rings. The first-order valence-corrected chi connectivity index (χ1v) is 17.9. The van der Waals surface area contributed by atoms with Gasteiger partial charge in [-0.25, -0.2) is 9.69 Å². The van der Waals surface area contributed by atoms with Crippen LogP contribution in [-0.2, 0) is 0 Å². The van der Waals surface area contributed by atoms with Gasteiger partial charge in [0.15, 0.2) is 13.8 Å².